The zero-order valence-corrected chi connectivity index (χ0v) is 17.4. The predicted molar refractivity (Wildman–Crippen MR) is 105 cm³/mol. The van der Waals surface area contributed by atoms with Gasteiger partial charge in [-0.05, 0) is 44.4 Å². The molecule has 0 aromatic carbocycles. The summed E-state index contributed by atoms with van der Waals surface area (Å²) < 4.78 is 37.5. The highest BCUT2D eigenvalue weighted by Gasteiger charge is 2.34. The topological polar surface area (TPSA) is 39.7 Å². The summed E-state index contributed by atoms with van der Waals surface area (Å²) in [5, 5.41) is 6.61. The highest BCUT2D eigenvalue weighted by atomic mass is 127. The van der Waals surface area contributed by atoms with Crippen LogP contribution in [-0.4, -0.2) is 67.3 Å². The number of likely N-dealkylation sites (tertiary alicyclic amines) is 1. The molecule has 0 aromatic heterocycles. The second kappa shape index (κ2) is 9.70. The Bertz CT molecular complexity index is 414. The average molecular weight is 480 g/mol. The van der Waals surface area contributed by atoms with Gasteiger partial charge < -0.3 is 10.6 Å². The van der Waals surface area contributed by atoms with E-state index in [9.17, 15) is 13.2 Å². The molecule has 4 nitrogen and oxygen atoms in total. The van der Waals surface area contributed by atoms with Crippen LogP contribution in [-0.2, 0) is 0 Å². The van der Waals surface area contributed by atoms with Crippen molar-refractivity contribution in [2.24, 2.45) is 10.9 Å². The second-order valence-corrected chi connectivity index (χ2v) is 8.40. The molecule has 0 aromatic rings. The molecule has 2 atom stereocenters. The maximum absolute atomic E-state index is 12.4. The summed E-state index contributed by atoms with van der Waals surface area (Å²) in [6.45, 7) is 4.01. The van der Waals surface area contributed by atoms with Crippen LogP contribution in [0.3, 0.4) is 0 Å². The minimum Gasteiger partial charge on any atom is -0.356 e. The van der Waals surface area contributed by atoms with Gasteiger partial charge in [-0.1, -0.05) is 0 Å². The van der Waals surface area contributed by atoms with Crippen LogP contribution in [0.2, 0.25) is 0 Å². The monoisotopic (exact) mass is 480 g/mol. The Hall–Kier alpha value is 0.1000. The summed E-state index contributed by atoms with van der Waals surface area (Å²) in [5.74, 6) is 2.20. The molecule has 24 heavy (non-hydrogen) atoms. The predicted octanol–water partition coefficient (Wildman–Crippen LogP) is 2.94. The Morgan fingerprint density at radius 1 is 1.38 bits per heavy atom. The van der Waals surface area contributed by atoms with Gasteiger partial charge in [0.15, 0.2) is 5.96 Å². The van der Waals surface area contributed by atoms with Gasteiger partial charge >= 0.3 is 6.18 Å². The molecule has 0 spiro atoms. The fraction of sp³-hybridized carbons (Fsp3) is 0.933. The molecule has 0 radical (unpaired) electrons. The summed E-state index contributed by atoms with van der Waals surface area (Å²) >= 11 is 1.99. The Balaban J connectivity index is 0.00000288. The molecule has 2 aliphatic rings. The maximum Gasteiger partial charge on any atom is 0.401 e. The molecule has 9 heteroatoms. The summed E-state index contributed by atoms with van der Waals surface area (Å²) in [4.78, 5) is 5.70. The number of nitrogens with one attached hydrogen (secondary N) is 2. The Morgan fingerprint density at radius 2 is 2.12 bits per heavy atom. The van der Waals surface area contributed by atoms with Gasteiger partial charge in [0.05, 0.1) is 6.54 Å². The van der Waals surface area contributed by atoms with Crippen molar-refractivity contribution in [3.8, 4) is 0 Å². The first-order chi connectivity index (χ1) is 10.8. The van der Waals surface area contributed by atoms with Crippen molar-refractivity contribution in [1.29, 1.82) is 0 Å². The smallest absolute Gasteiger partial charge is 0.356 e. The molecule has 0 aliphatic carbocycles. The van der Waals surface area contributed by atoms with E-state index in [1.54, 1.807) is 7.05 Å². The minimum absolute atomic E-state index is 0. The molecule has 2 saturated heterocycles. The molecular weight excluding hydrogens is 452 g/mol. The van der Waals surface area contributed by atoms with E-state index in [1.165, 1.54) is 23.5 Å². The lowest BCUT2D eigenvalue weighted by atomic mass is 10.1. The zero-order chi connectivity index (χ0) is 16.9. The molecule has 0 amide bonds. The van der Waals surface area contributed by atoms with Crippen LogP contribution in [0.5, 0.6) is 0 Å². The number of aliphatic imine (C=N–C) groups is 1. The van der Waals surface area contributed by atoms with E-state index >= 15 is 0 Å². The number of thioether (sulfide) groups is 1. The molecule has 2 heterocycles. The highest BCUT2D eigenvalue weighted by Crippen LogP contribution is 2.36. The van der Waals surface area contributed by atoms with Crippen molar-refractivity contribution in [2.75, 3.05) is 45.5 Å². The summed E-state index contributed by atoms with van der Waals surface area (Å²) in [7, 11) is 1.73. The van der Waals surface area contributed by atoms with Crippen molar-refractivity contribution >= 4 is 41.7 Å². The molecule has 0 saturated carbocycles. The molecular formula is C15H28F3IN4S. The fourth-order valence-corrected chi connectivity index (χ4v) is 4.43. The number of nitrogens with zero attached hydrogens (tertiary/aromatic N) is 2. The standard InChI is InChI=1S/C15H27F3N4S.HI/c1-14(5-3-7-23-14)10-21-13(19-2)20-8-12-4-6-22(9-12)11-15(16,17)18;/h12H,3-11H2,1-2H3,(H2,19,20,21);1H. The van der Waals surface area contributed by atoms with Crippen molar-refractivity contribution in [1.82, 2.24) is 15.5 Å². The van der Waals surface area contributed by atoms with Gasteiger partial charge in [-0.3, -0.25) is 9.89 Å². The number of halogens is 4. The van der Waals surface area contributed by atoms with E-state index in [-0.39, 0.29) is 34.6 Å². The van der Waals surface area contributed by atoms with Gasteiger partial charge in [0.2, 0.25) is 0 Å². The van der Waals surface area contributed by atoms with Crippen LogP contribution in [0.1, 0.15) is 26.2 Å². The van der Waals surface area contributed by atoms with Crippen molar-refractivity contribution < 1.29 is 13.2 Å². The lowest BCUT2D eigenvalue weighted by Gasteiger charge is -2.25. The molecule has 2 fully saturated rings. The molecule has 2 N–H and O–H groups in total. The Kier molecular flexibility index (Phi) is 8.95. The van der Waals surface area contributed by atoms with Crippen LogP contribution in [0, 0.1) is 5.92 Å². The number of rotatable bonds is 5. The van der Waals surface area contributed by atoms with Gasteiger partial charge in [0.1, 0.15) is 0 Å². The van der Waals surface area contributed by atoms with Gasteiger partial charge in [0, 0.05) is 31.4 Å². The lowest BCUT2D eigenvalue weighted by Crippen LogP contribution is -2.45. The summed E-state index contributed by atoms with van der Waals surface area (Å²) in [6.07, 6.45) is -0.843. The summed E-state index contributed by atoms with van der Waals surface area (Å²) in [5.41, 5.74) is 0. The quantitative estimate of drug-likeness (QED) is 0.361. The van der Waals surface area contributed by atoms with E-state index in [4.69, 9.17) is 0 Å². The third-order valence-corrected chi connectivity index (χ3v) is 6.02. The van der Waals surface area contributed by atoms with Crippen LogP contribution in [0.25, 0.3) is 0 Å². The third-order valence-electron chi connectivity index (χ3n) is 4.48. The Morgan fingerprint density at radius 3 is 2.71 bits per heavy atom. The van der Waals surface area contributed by atoms with Crippen LogP contribution >= 0.6 is 35.7 Å². The molecule has 2 rings (SSSR count). The maximum atomic E-state index is 12.4. The highest BCUT2D eigenvalue weighted by molar-refractivity contribution is 14.0. The van der Waals surface area contributed by atoms with Crippen molar-refractivity contribution in [3.63, 3.8) is 0 Å². The van der Waals surface area contributed by atoms with Gasteiger partial charge in [-0.15, -0.1) is 24.0 Å². The van der Waals surface area contributed by atoms with Crippen LogP contribution < -0.4 is 10.6 Å². The van der Waals surface area contributed by atoms with Gasteiger partial charge in [0.25, 0.3) is 0 Å². The molecule has 142 valence electrons. The first kappa shape index (κ1) is 22.1. The van der Waals surface area contributed by atoms with Crippen molar-refractivity contribution in [3.05, 3.63) is 0 Å². The van der Waals surface area contributed by atoms with Crippen LogP contribution in [0.4, 0.5) is 13.2 Å². The number of hydrogen-bond acceptors (Lipinski definition) is 3. The molecule has 0 bridgehead atoms. The molecule has 2 aliphatic heterocycles. The largest absolute Gasteiger partial charge is 0.401 e. The fourth-order valence-electron chi connectivity index (χ4n) is 3.19. The van der Waals surface area contributed by atoms with Crippen molar-refractivity contribution in [2.45, 2.75) is 37.1 Å². The third kappa shape index (κ3) is 7.55. The first-order valence-corrected chi connectivity index (χ1v) is 9.16. The average Bonchev–Trinajstić information content (AvgIpc) is 3.07. The lowest BCUT2D eigenvalue weighted by molar-refractivity contribution is -0.143. The number of guanidine groups is 1. The normalized spacial score (nSPS) is 28.7. The number of hydrogen-bond donors (Lipinski definition) is 2. The number of alkyl halides is 3. The van der Waals surface area contributed by atoms with E-state index in [1.807, 2.05) is 11.8 Å². The molecule has 2 unspecified atom stereocenters. The van der Waals surface area contributed by atoms with E-state index in [0.29, 0.717) is 19.6 Å². The minimum atomic E-state index is -4.10. The Labute approximate surface area is 163 Å². The second-order valence-electron chi connectivity index (χ2n) is 6.71. The van der Waals surface area contributed by atoms with Gasteiger partial charge in [-0.25, -0.2) is 0 Å². The van der Waals surface area contributed by atoms with E-state index in [0.717, 1.165) is 18.9 Å². The van der Waals surface area contributed by atoms with Gasteiger partial charge in [-0.2, -0.15) is 24.9 Å². The zero-order valence-electron chi connectivity index (χ0n) is 14.3. The summed E-state index contributed by atoms with van der Waals surface area (Å²) in [6, 6.07) is 0. The van der Waals surface area contributed by atoms with Crippen LogP contribution in [0.15, 0.2) is 4.99 Å². The van der Waals surface area contributed by atoms with E-state index in [2.05, 4.69) is 22.5 Å². The SMILES string of the molecule is CN=C(NCC1CCN(CC(F)(F)F)C1)NCC1(C)CCCS1.I. The van der Waals surface area contributed by atoms with E-state index < -0.39 is 12.7 Å². The first-order valence-electron chi connectivity index (χ1n) is 8.17.